The maximum absolute atomic E-state index is 11.6. The molecule has 1 atom stereocenters. The summed E-state index contributed by atoms with van der Waals surface area (Å²) in [4.78, 5) is 27.0. The van der Waals surface area contributed by atoms with Crippen LogP contribution in [0, 0.1) is 5.92 Å². The zero-order valence-corrected chi connectivity index (χ0v) is 10.5. The molecule has 0 radical (unpaired) electrons. The van der Waals surface area contributed by atoms with Crippen LogP contribution in [0.1, 0.15) is 30.8 Å². The van der Waals surface area contributed by atoms with Crippen LogP contribution in [0.3, 0.4) is 0 Å². The molecule has 0 aromatic carbocycles. The lowest BCUT2D eigenvalue weighted by atomic mass is 10.0. The van der Waals surface area contributed by atoms with E-state index in [1.54, 1.807) is 18.2 Å². The first-order valence-corrected chi connectivity index (χ1v) is 5.77. The van der Waals surface area contributed by atoms with Crippen molar-refractivity contribution in [1.29, 1.82) is 0 Å². The van der Waals surface area contributed by atoms with Gasteiger partial charge in [-0.2, -0.15) is 0 Å². The number of nitrogens with two attached hydrogens (primary N) is 1. The number of pyridine rings is 1. The van der Waals surface area contributed by atoms with Gasteiger partial charge >= 0.3 is 0 Å². The summed E-state index contributed by atoms with van der Waals surface area (Å²) in [6.07, 6.45) is 2.06. The maximum Gasteiger partial charge on any atom is 0.288 e. The number of amides is 2. The molecule has 0 aliphatic heterocycles. The lowest BCUT2D eigenvalue weighted by Crippen LogP contribution is -2.49. The third-order valence-corrected chi connectivity index (χ3v) is 2.26. The van der Waals surface area contributed by atoms with Gasteiger partial charge in [0.2, 0.25) is 0 Å². The van der Waals surface area contributed by atoms with Gasteiger partial charge in [0.05, 0.1) is 6.04 Å². The molecule has 1 rings (SSSR count). The van der Waals surface area contributed by atoms with Gasteiger partial charge in [-0.1, -0.05) is 19.9 Å². The molecule has 0 spiro atoms. The Morgan fingerprint density at radius 2 is 2.06 bits per heavy atom. The Morgan fingerprint density at radius 3 is 2.61 bits per heavy atom. The average Bonchev–Trinajstić information content (AvgIpc) is 2.35. The highest BCUT2D eigenvalue weighted by Crippen LogP contribution is 2.02. The van der Waals surface area contributed by atoms with Crippen LogP contribution in [0.2, 0.25) is 0 Å². The van der Waals surface area contributed by atoms with Crippen molar-refractivity contribution >= 4 is 11.8 Å². The summed E-state index contributed by atoms with van der Waals surface area (Å²) in [5.41, 5.74) is 10.5. The topological polar surface area (TPSA) is 97.1 Å². The largest absolute Gasteiger partial charge is 0.320 e. The fourth-order valence-electron chi connectivity index (χ4n) is 1.39. The molecule has 18 heavy (non-hydrogen) atoms. The van der Waals surface area contributed by atoms with Crippen molar-refractivity contribution in [2.45, 2.75) is 26.3 Å². The van der Waals surface area contributed by atoms with Gasteiger partial charge in [0.15, 0.2) is 0 Å². The van der Waals surface area contributed by atoms with Gasteiger partial charge in [-0.3, -0.25) is 25.4 Å². The third-order valence-electron chi connectivity index (χ3n) is 2.26. The molecule has 0 aliphatic carbocycles. The van der Waals surface area contributed by atoms with Crippen molar-refractivity contribution in [3.05, 3.63) is 30.1 Å². The van der Waals surface area contributed by atoms with Crippen LogP contribution < -0.4 is 16.6 Å². The Kier molecular flexibility index (Phi) is 5.26. The Labute approximate surface area is 106 Å². The van der Waals surface area contributed by atoms with Crippen LogP contribution in [-0.4, -0.2) is 22.8 Å². The monoisotopic (exact) mass is 250 g/mol. The van der Waals surface area contributed by atoms with Gasteiger partial charge in [0.25, 0.3) is 11.8 Å². The van der Waals surface area contributed by atoms with Gasteiger partial charge < -0.3 is 5.73 Å². The van der Waals surface area contributed by atoms with E-state index in [4.69, 9.17) is 5.73 Å². The number of carbonyl (C=O) groups is 2. The van der Waals surface area contributed by atoms with Crippen molar-refractivity contribution in [3.8, 4) is 0 Å². The molecule has 2 amide bonds. The normalized spacial score (nSPS) is 12.0. The van der Waals surface area contributed by atoms with Crippen LogP contribution in [-0.2, 0) is 4.79 Å². The smallest absolute Gasteiger partial charge is 0.288 e. The summed E-state index contributed by atoms with van der Waals surface area (Å²) in [6.45, 7) is 3.94. The number of nitrogens with zero attached hydrogens (tertiary/aromatic N) is 1. The van der Waals surface area contributed by atoms with Gasteiger partial charge in [-0.15, -0.1) is 0 Å². The summed E-state index contributed by atoms with van der Waals surface area (Å²) in [7, 11) is 0. The fraction of sp³-hybridized carbons (Fsp3) is 0.417. The Balaban J connectivity index is 2.41. The average molecular weight is 250 g/mol. The molecule has 1 aromatic rings. The molecule has 0 aliphatic rings. The second kappa shape index (κ2) is 6.70. The summed E-state index contributed by atoms with van der Waals surface area (Å²) < 4.78 is 0. The van der Waals surface area contributed by atoms with Gasteiger partial charge in [0, 0.05) is 6.20 Å². The Morgan fingerprint density at radius 1 is 1.33 bits per heavy atom. The number of rotatable bonds is 4. The zero-order valence-electron chi connectivity index (χ0n) is 10.5. The molecule has 0 fully saturated rings. The molecular weight excluding hydrogens is 232 g/mol. The second-order valence-electron chi connectivity index (χ2n) is 4.39. The molecule has 0 saturated heterocycles. The first kappa shape index (κ1) is 14.1. The van der Waals surface area contributed by atoms with Crippen molar-refractivity contribution in [2.75, 3.05) is 0 Å². The quantitative estimate of drug-likeness (QED) is 0.666. The van der Waals surface area contributed by atoms with Gasteiger partial charge in [0.1, 0.15) is 5.69 Å². The molecule has 1 heterocycles. The third kappa shape index (κ3) is 4.50. The molecule has 98 valence electrons. The van der Waals surface area contributed by atoms with Crippen LogP contribution in [0.25, 0.3) is 0 Å². The fourth-order valence-corrected chi connectivity index (χ4v) is 1.39. The van der Waals surface area contributed by atoms with Crippen molar-refractivity contribution < 1.29 is 9.59 Å². The molecular formula is C12H18N4O2. The summed E-state index contributed by atoms with van der Waals surface area (Å²) >= 11 is 0. The van der Waals surface area contributed by atoms with Gasteiger partial charge in [-0.25, -0.2) is 0 Å². The van der Waals surface area contributed by atoms with Crippen molar-refractivity contribution in [3.63, 3.8) is 0 Å². The first-order valence-electron chi connectivity index (χ1n) is 5.77. The van der Waals surface area contributed by atoms with Crippen molar-refractivity contribution in [2.24, 2.45) is 11.7 Å². The van der Waals surface area contributed by atoms with E-state index in [-0.39, 0.29) is 5.69 Å². The Hall–Kier alpha value is -1.95. The van der Waals surface area contributed by atoms with Crippen LogP contribution in [0.5, 0.6) is 0 Å². The van der Waals surface area contributed by atoms with E-state index in [1.165, 1.54) is 6.20 Å². The highest BCUT2D eigenvalue weighted by Gasteiger charge is 2.15. The van der Waals surface area contributed by atoms with Gasteiger partial charge in [-0.05, 0) is 24.5 Å². The molecule has 1 aromatic heterocycles. The predicted octanol–water partition coefficient (Wildman–Crippen LogP) is 0.216. The Bertz CT molecular complexity index is 406. The van der Waals surface area contributed by atoms with E-state index in [2.05, 4.69) is 15.8 Å². The lowest BCUT2D eigenvalue weighted by Gasteiger charge is -2.14. The molecule has 6 heteroatoms. The summed E-state index contributed by atoms with van der Waals surface area (Å²) in [5.74, 6) is -0.564. The van der Waals surface area contributed by atoms with E-state index in [0.717, 1.165) is 0 Å². The standard InChI is InChI=1S/C12H18N4O2/c1-8(2)7-9(13)11(17)15-16-12(18)10-5-3-4-6-14-10/h3-6,8-9H,7,13H2,1-2H3,(H,15,17)(H,16,18). The minimum absolute atomic E-state index is 0.232. The minimum atomic E-state index is -0.631. The lowest BCUT2D eigenvalue weighted by molar-refractivity contribution is -0.123. The first-order chi connectivity index (χ1) is 8.50. The van der Waals surface area contributed by atoms with E-state index in [0.29, 0.717) is 12.3 Å². The van der Waals surface area contributed by atoms with E-state index in [1.807, 2.05) is 13.8 Å². The van der Waals surface area contributed by atoms with Crippen LogP contribution >= 0.6 is 0 Å². The molecule has 1 unspecified atom stereocenters. The second-order valence-corrected chi connectivity index (χ2v) is 4.39. The summed E-state index contributed by atoms with van der Waals surface area (Å²) in [5, 5.41) is 0. The highest BCUT2D eigenvalue weighted by molar-refractivity contribution is 5.94. The number of aromatic nitrogens is 1. The highest BCUT2D eigenvalue weighted by atomic mass is 16.2. The number of carbonyl (C=O) groups excluding carboxylic acids is 2. The van der Waals surface area contributed by atoms with Crippen molar-refractivity contribution in [1.82, 2.24) is 15.8 Å². The predicted molar refractivity (Wildman–Crippen MR) is 67.3 cm³/mol. The SMILES string of the molecule is CC(C)CC(N)C(=O)NNC(=O)c1ccccn1. The minimum Gasteiger partial charge on any atom is -0.320 e. The van der Waals surface area contributed by atoms with E-state index < -0.39 is 17.9 Å². The van der Waals surface area contributed by atoms with Crippen LogP contribution in [0.4, 0.5) is 0 Å². The molecule has 0 bridgehead atoms. The number of hydrogen-bond acceptors (Lipinski definition) is 4. The van der Waals surface area contributed by atoms with E-state index in [9.17, 15) is 9.59 Å². The number of nitrogens with one attached hydrogen (secondary N) is 2. The van der Waals surface area contributed by atoms with E-state index >= 15 is 0 Å². The van der Waals surface area contributed by atoms with Crippen LogP contribution in [0.15, 0.2) is 24.4 Å². The molecule has 0 saturated carbocycles. The number of hydrazine groups is 1. The maximum atomic E-state index is 11.6. The molecule has 4 N–H and O–H groups in total. The molecule has 6 nitrogen and oxygen atoms in total. The zero-order chi connectivity index (χ0) is 13.5. The number of hydrogen-bond donors (Lipinski definition) is 3. The summed E-state index contributed by atoms with van der Waals surface area (Å²) in [6, 6.07) is 4.31.